The molecule has 0 saturated carbocycles. The lowest BCUT2D eigenvalue weighted by molar-refractivity contribution is -0.163. The van der Waals surface area contributed by atoms with Crippen molar-refractivity contribution in [3.63, 3.8) is 0 Å². The van der Waals surface area contributed by atoms with Gasteiger partial charge in [0.05, 0.1) is 0 Å². The van der Waals surface area contributed by atoms with E-state index in [4.69, 9.17) is 0 Å². The Balaban J connectivity index is 4.86. The van der Waals surface area contributed by atoms with E-state index in [2.05, 4.69) is 5.32 Å². The van der Waals surface area contributed by atoms with E-state index in [1.165, 1.54) is 7.05 Å². The molecular formula is C14H26FN3O5. The minimum atomic E-state index is -2.13. The first kappa shape index (κ1) is 21.3. The molecule has 134 valence electrons. The molecule has 0 bridgehead atoms. The maximum absolute atomic E-state index is 14.0. The number of hydrogen-bond donors (Lipinski definition) is 4. The van der Waals surface area contributed by atoms with Gasteiger partial charge in [0.1, 0.15) is 17.8 Å². The number of carbonyl (C=O) groups is 3. The van der Waals surface area contributed by atoms with Crippen LogP contribution in [0.5, 0.6) is 0 Å². The van der Waals surface area contributed by atoms with E-state index < -0.39 is 35.7 Å². The van der Waals surface area contributed by atoms with Gasteiger partial charge in [-0.15, -0.1) is 5.06 Å². The van der Waals surface area contributed by atoms with Crippen molar-refractivity contribution < 1.29 is 29.1 Å². The number of imide groups is 1. The van der Waals surface area contributed by atoms with Crippen molar-refractivity contribution in [2.75, 3.05) is 7.05 Å². The van der Waals surface area contributed by atoms with Crippen LogP contribution in [0.3, 0.4) is 0 Å². The molecule has 0 fully saturated rings. The van der Waals surface area contributed by atoms with Gasteiger partial charge in [-0.05, 0) is 32.6 Å². The zero-order valence-corrected chi connectivity index (χ0v) is 14.1. The normalized spacial score (nSPS) is 14.1. The van der Waals surface area contributed by atoms with Crippen LogP contribution in [-0.2, 0) is 9.59 Å². The standard InChI is InChI=1S/C14H26FN3O5/c1-8(2)6-7-9(19)12(21)18(23)13(22)17-10(11(20)16-5)14(3,4)15/h8-10,19,23H,6-7H2,1-5H3,(H,16,20)(H,17,22)/t9-,10?/m0/s1. The third-order valence-corrected chi connectivity index (χ3v) is 3.17. The predicted molar refractivity (Wildman–Crippen MR) is 80.3 cm³/mol. The molecule has 0 rings (SSSR count). The van der Waals surface area contributed by atoms with Crippen molar-refractivity contribution in [1.29, 1.82) is 0 Å². The minimum Gasteiger partial charge on any atom is -0.383 e. The van der Waals surface area contributed by atoms with Crippen molar-refractivity contribution in [1.82, 2.24) is 15.7 Å². The molecule has 1 unspecified atom stereocenters. The summed E-state index contributed by atoms with van der Waals surface area (Å²) in [5.41, 5.74) is -2.13. The van der Waals surface area contributed by atoms with Crippen LogP contribution in [0.25, 0.3) is 0 Å². The van der Waals surface area contributed by atoms with E-state index in [0.717, 1.165) is 13.8 Å². The van der Waals surface area contributed by atoms with Gasteiger partial charge in [-0.1, -0.05) is 13.8 Å². The van der Waals surface area contributed by atoms with Crippen LogP contribution in [0.15, 0.2) is 0 Å². The van der Waals surface area contributed by atoms with E-state index in [-0.39, 0.29) is 17.4 Å². The average molecular weight is 335 g/mol. The summed E-state index contributed by atoms with van der Waals surface area (Å²) in [6.45, 7) is 5.90. The van der Waals surface area contributed by atoms with Gasteiger partial charge in [-0.3, -0.25) is 14.8 Å². The second-order valence-corrected chi connectivity index (χ2v) is 6.20. The number of alkyl halides is 1. The number of amides is 4. The fraction of sp³-hybridized carbons (Fsp3) is 0.786. The Morgan fingerprint density at radius 1 is 1.22 bits per heavy atom. The highest BCUT2D eigenvalue weighted by Gasteiger charge is 2.38. The minimum absolute atomic E-state index is 0.0638. The van der Waals surface area contributed by atoms with Gasteiger partial charge in [0.2, 0.25) is 5.91 Å². The van der Waals surface area contributed by atoms with Crippen LogP contribution in [-0.4, -0.2) is 58.1 Å². The Kier molecular flexibility index (Phi) is 8.11. The zero-order chi connectivity index (χ0) is 18.4. The van der Waals surface area contributed by atoms with E-state index >= 15 is 0 Å². The van der Waals surface area contributed by atoms with Crippen LogP contribution in [0.1, 0.15) is 40.5 Å². The van der Waals surface area contributed by atoms with Crippen LogP contribution >= 0.6 is 0 Å². The average Bonchev–Trinajstić information content (AvgIpc) is 2.46. The number of nitrogens with one attached hydrogen (secondary N) is 2. The van der Waals surface area contributed by atoms with Gasteiger partial charge < -0.3 is 15.7 Å². The number of hydrogen-bond acceptors (Lipinski definition) is 5. The molecule has 0 aromatic heterocycles. The van der Waals surface area contributed by atoms with Gasteiger partial charge >= 0.3 is 6.03 Å². The van der Waals surface area contributed by atoms with Crippen molar-refractivity contribution in [3.05, 3.63) is 0 Å². The summed E-state index contributed by atoms with van der Waals surface area (Å²) < 4.78 is 14.0. The lowest BCUT2D eigenvalue weighted by Gasteiger charge is -2.27. The Bertz CT molecular complexity index is 437. The molecule has 0 aliphatic heterocycles. The lowest BCUT2D eigenvalue weighted by Crippen LogP contribution is -2.59. The van der Waals surface area contributed by atoms with E-state index in [1.54, 1.807) is 0 Å². The predicted octanol–water partition coefficient (Wildman–Crippen LogP) is 0.574. The second kappa shape index (κ2) is 8.78. The van der Waals surface area contributed by atoms with Gasteiger partial charge in [0.25, 0.3) is 5.91 Å². The first-order chi connectivity index (χ1) is 10.4. The van der Waals surface area contributed by atoms with Crippen molar-refractivity contribution >= 4 is 17.8 Å². The molecular weight excluding hydrogens is 309 g/mol. The SMILES string of the molecule is CNC(=O)C(NC(=O)N(O)C(=O)[C@@H](O)CCC(C)C)C(C)(C)F. The van der Waals surface area contributed by atoms with Crippen LogP contribution in [0.2, 0.25) is 0 Å². The number of halogens is 1. The summed E-state index contributed by atoms with van der Waals surface area (Å²) in [5, 5.41) is 23.0. The molecule has 0 saturated heterocycles. The topological polar surface area (TPSA) is 119 Å². The summed E-state index contributed by atoms with van der Waals surface area (Å²) in [4.78, 5) is 35.1. The van der Waals surface area contributed by atoms with Crippen molar-refractivity contribution in [2.24, 2.45) is 5.92 Å². The second-order valence-electron chi connectivity index (χ2n) is 6.20. The summed E-state index contributed by atoms with van der Waals surface area (Å²) in [6.07, 6.45) is -0.986. The van der Waals surface area contributed by atoms with Gasteiger partial charge in [0, 0.05) is 7.05 Å². The van der Waals surface area contributed by atoms with Crippen LogP contribution in [0, 0.1) is 5.92 Å². The Hall–Kier alpha value is -1.74. The van der Waals surface area contributed by atoms with Gasteiger partial charge in [-0.25, -0.2) is 9.18 Å². The molecule has 0 aromatic rings. The number of aliphatic hydroxyl groups is 1. The number of rotatable bonds is 7. The maximum atomic E-state index is 14.0. The molecule has 0 aliphatic rings. The molecule has 0 aromatic carbocycles. The molecule has 0 radical (unpaired) electrons. The summed E-state index contributed by atoms with van der Waals surface area (Å²) >= 11 is 0. The fourth-order valence-corrected chi connectivity index (χ4v) is 1.73. The number of likely N-dealkylation sites (N-methyl/N-ethyl adjacent to an activating group) is 1. The molecule has 2 atom stereocenters. The number of aliphatic hydroxyl groups excluding tert-OH is 1. The zero-order valence-electron chi connectivity index (χ0n) is 14.1. The molecule has 0 heterocycles. The van der Waals surface area contributed by atoms with Crippen molar-refractivity contribution in [3.8, 4) is 0 Å². The molecule has 4 N–H and O–H groups in total. The Morgan fingerprint density at radius 3 is 2.13 bits per heavy atom. The number of nitrogens with zero attached hydrogens (tertiary/aromatic N) is 1. The summed E-state index contributed by atoms with van der Waals surface area (Å²) in [6, 6.07) is -3.01. The van der Waals surface area contributed by atoms with E-state index in [9.17, 15) is 29.1 Å². The third-order valence-electron chi connectivity index (χ3n) is 3.17. The number of carbonyl (C=O) groups excluding carboxylic acids is 3. The highest BCUT2D eigenvalue weighted by Crippen LogP contribution is 2.15. The Labute approximate surface area is 135 Å². The van der Waals surface area contributed by atoms with E-state index in [0.29, 0.717) is 6.42 Å². The monoisotopic (exact) mass is 335 g/mol. The number of urea groups is 1. The highest BCUT2D eigenvalue weighted by molar-refractivity contribution is 5.97. The first-order valence-electron chi connectivity index (χ1n) is 7.33. The van der Waals surface area contributed by atoms with Crippen molar-refractivity contribution in [2.45, 2.75) is 58.4 Å². The first-order valence-corrected chi connectivity index (χ1v) is 7.33. The molecule has 0 aliphatic carbocycles. The van der Waals surface area contributed by atoms with Gasteiger partial charge in [-0.2, -0.15) is 0 Å². The van der Waals surface area contributed by atoms with E-state index in [1.807, 2.05) is 19.2 Å². The Morgan fingerprint density at radius 2 is 1.74 bits per heavy atom. The summed E-state index contributed by atoms with van der Waals surface area (Å²) in [5.74, 6) is -1.84. The quantitative estimate of drug-likeness (QED) is 0.401. The maximum Gasteiger partial charge on any atom is 0.349 e. The molecule has 0 spiro atoms. The molecule has 9 heteroatoms. The highest BCUT2D eigenvalue weighted by atomic mass is 19.1. The summed E-state index contributed by atoms with van der Waals surface area (Å²) in [7, 11) is 1.25. The fourth-order valence-electron chi connectivity index (χ4n) is 1.73. The number of hydroxylamine groups is 2. The van der Waals surface area contributed by atoms with Gasteiger partial charge in [0.15, 0.2) is 0 Å². The smallest absolute Gasteiger partial charge is 0.349 e. The van der Waals surface area contributed by atoms with Crippen LogP contribution < -0.4 is 10.6 Å². The third kappa shape index (κ3) is 6.91. The largest absolute Gasteiger partial charge is 0.383 e. The molecule has 8 nitrogen and oxygen atoms in total. The van der Waals surface area contributed by atoms with Crippen LogP contribution in [0.4, 0.5) is 9.18 Å². The molecule has 4 amide bonds. The lowest BCUT2D eigenvalue weighted by atomic mass is 10.0. The molecule has 23 heavy (non-hydrogen) atoms.